The van der Waals surface area contributed by atoms with Crippen molar-refractivity contribution >= 4 is 5.69 Å². The van der Waals surface area contributed by atoms with Gasteiger partial charge in [-0.25, -0.2) is 0 Å². The number of hydrogen-bond acceptors (Lipinski definition) is 3. The fourth-order valence-corrected chi connectivity index (χ4v) is 2.04. The Morgan fingerprint density at radius 1 is 1.18 bits per heavy atom. The van der Waals surface area contributed by atoms with Gasteiger partial charge in [-0.1, -0.05) is 0 Å². The molecule has 0 spiro atoms. The van der Waals surface area contributed by atoms with Crippen LogP contribution < -0.4 is 5.32 Å². The summed E-state index contributed by atoms with van der Waals surface area (Å²) >= 11 is 0. The van der Waals surface area contributed by atoms with Crippen LogP contribution in [0.2, 0.25) is 0 Å². The zero-order valence-electron chi connectivity index (χ0n) is 11.0. The van der Waals surface area contributed by atoms with Crippen molar-refractivity contribution in [3.05, 3.63) is 28.3 Å². The molecule has 2 rings (SSSR count). The Kier molecular flexibility index (Phi) is 2.92. The second-order valence-corrected chi connectivity index (χ2v) is 4.44. The van der Waals surface area contributed by atoms with Crippen LogP contribution in [0.4, 0.5) is 5.69 Å². The van der Waals surface area contributed by atoms with Crippen molar-refractivity contribution in [3.63, 3.8) is 0 Å². The van der Waals surface area contributed by atoms with Gasteiger partial charge in [0.05, 0.1) is 22.8 Å². The topological polar surface area (TPSA) is 58.5 Å². The zero-order chi connectivity index (χ0) is 12.6. The lowest BCUT2D eigenvalue weighted by atomic mass is 10.2. The van der Waals surface area contributed by atoms with Gasteiger partial charge in [-0.05, 0) is 27.7 Å². The number of aromatic nitrogens is 4. The van der Waals surface area contributed by atoms with E-state index < -0.39 is 0 Å². The van der Waals surface area contributed by atoms with Crippen LogP contribution in [0.1, 0.15) is 28.3 Å². The van der Waals surface area contributed by atoms with Gasteiger partial charge in [-0.2, -0.15) is 10.2 Å². The Balaban J connectivity index is 2.18. The normalized spacial score (nSPS) is 10.9. The molecule has 0 amide bonds. The highest BCUT2D eigenvalue weighted by atomic mass is 15.3. The molecule has 0 unspecified atom stereocenters. The predicted molar refractivity (Wildman–Crippen MR) is 68.1 cm³/mol. The van der Waals surface area contributed by atoms with Gasteiger partial charge in [-0.15, -0.1) is 0 Å². The summed E-state index contributed by atoms with van der Waals surface area (Å²) < 4.78 is 1.90. The number of hydrogen-bond donors (Lipinski definition) is 2. The van der Waals surface area contributed by atoms with Gasteiger partial charge in [0, 0.05) is 24.8 Å². The molecule has 0 fully saturated rings. The van der Waals surface area contributed by atoms with Gasteiger partial charge in [-0.3, -0.25) is 9.78 Å². The van der Waals surface area contributed by atoms with E-state index in [1.807, 2.05) is 32.5 Å². The Labute approximate surface area is 101 Å². The van der Waals surface area contributed by atoms with Gasteiger partial charge >= 0.3 is 0 Å². The molecule has 2 N–H and O–H groups in total. The molecule has 0 aliphatic rings. The highest BCUT2D eigenvalue weighted by Gasteiger charge is 2.11. The van der Waals surface area contributed by atoms with Gasteiger partial charge in [0.15, 0.2) is 0 Å². The second-order valence-electron chi connectivity index (χ2n) is 4.44. The summed E-state index contributed by atoms with van der Waals surface area (Å²) in [5.41, 5.74) is 6.70. The van der Waals surface area contributed by atoms with Gasteiger partial charge < -0.3 is 5.32 Å². The third-order valence-electron chi connectivity index (χ3n) is 3.23. The Bertz CT molecular complexity index is 516. The molecular formula is C12H19N5. The van der Waals surface area contributed by atoms with Crippen LogP contribution in [0.5, 0.6) is 0 Å². The maximum Gasteiger partial charge on any atom is 0.0827 e. The monoisotopic (exact) mass is 233 g/mol. The van der Waals surface area contributed by atoms with Crippen molar-refractivity contribution in [2.45, 2.75) is 34.2 Å². The van der Waals surface area contributed by atoms with Crippen LogP contribution in [0.3, 0.4) is 0 Å². The number of anilines is 1. The van der Waals surface area contributed by atoms with Crippen LogP contribution in [0.15, 0.2) is 0 Å². The standard InChI is InChI=1S/C12H19N5/c1-7-11(8(2)15-14-7)6-13-12-9(3)16-17(5)10(12)4/h13H,6H2,1-5H3,(H,14,15). The van der Waals surface area contributed by atoms with Crippen LogP contribution in [0, 0.1) is 27.7 Å². The molecule has 0 saturated carbocycles. The molecule has 0 aliphatic heterocycles. The minimum absolute atomic E-state index is 0.779. The fourth-order valence-electron chi connectivity index (χ4n) is 2.04. The summed E-state index contributed by atoms with van der Waals surface area (Å²) in [7, 11) is 1.96. The minimum Gasteiger partial charge on any atom is -0.378 e. The molecule has 2 aromatic rings. The van der Waals surface area contributed by atoms with Crippen molar-refractivity contribution in [1.82, 2.24) is 20.0 Å². The van der Waals surface area contributed by atoms with Crippen LogP contribution >= 0.6 is 0 Å². The first-order chi connectivity index (χ1) is 8.00. The minimum atomic E-state index is 0.779. The summed E-state index contributed by atoms with van der Waals surface area (Å²) in [5, 5.41) is 15.0. The first-order valence-electron chi connectivity index (χ1n) is 5.75. The summed E-state index contributed by atoms with van der Waals surface area (Å²) in [6.45, 7) is 8.92. The molecule has 0 radical (unpaired) electrons. The van der Waals surface area contributed by atoms with Gasteiger partial charge in [0.25, 0.3) is 0 Å². The Morgan fingerprint density at radius 3 is 2.35 bits per heavy atom. The van der Waals surface area contributed by atoms with E-state index in [0.717, 1.165) is 35.0 Å². The molecule has 5 nitrogen and oxygen atoms in total. The van der Waals surface area contributed by atoms with E-state index in [1.54, 1.807) is 0 Å². The molecule has 0 atom stereocenters. The average Bonchev–Trinajstić information content (AvgIpc) is 2.70. The van der Waals surface area contributed by atoms with Crippen LogP contribution in [0.25, 0.3) is 0 Å². The highest BCUT2D eigenvalue weighted by molar-refractivity contribution is 5.52. The van der Waals surface area contributed by atoms with E-state index in [2.05, 4.69) is 27.5 Å². The van der Waals surface area contributed by atoms with Crippen LogP contribution in [-0.2, 0) is 13.6 Å². The molecule has 2 heterocycles. The van der Waals surface area contributed by atoms with E-state index >= 15 is 0 Å². The number of nitrogens with one attached hydrogen (secondary N) is 2. The third kappa shape index (κ3) is 2.05. The third-order valence-corrected chi connectivity index (χ3v) is 3.23. The SMILES string of the molecule is Cc1n[nH]c(C)c1CNc1c(C)nn(C)c1C. The van der Waals surface area contributed by atoms with Crippen molar-refractivity contribution in [2.75, 3.05) is 5.32 Å². The molecular weight excluding hydrogens is 214 g/mol. The molecule has 0 bridgehead atoms. The predicted octanol–water partition coefficient (Wildman–Crippen LogP) is 1.99. The van der Waals surface area contributed by atoms with E-state index in [0.29, 0.717) is 0 Å². The maximum absolute atomic E-state index is 4.39. The smallest absolute Gasteiger partial charge is 0.0827 e. The average molecular weight is 233 g/mol. The lowest BCUT2D eigenvalue weighted by Gasteiger charge is -2.07. The van der Waals surface area contributed by atoms with Crippen LogP contribution in [-0.4, -0.2) is 20.0 Å². The molecule has 0 saturated heterocycles. The van der Waals surface area contributed by atoms with E-state index in [9.17, 15) is 0 Å². The second kappa shape index (κ2) is 4.24. The lowest BCUT2D eigenvalue weighted by molar-refractivity contribution is 0.731. The number of aromatic amines is 1. The molecule has 0 aliphatic carbocycles. The fraction of sp³-hybridized carbons (Fsp3) is 0.500. The maximum atomic E-state index is 4.39. The van der Waals surface area contributed by atoms with Crippen molar-refractivity contribution in [2.24, 2.45) is 7.05 Å². The lowest BCUT2D eigenvalue weighted by Crippen LogP contribution is -2.03. The summed E-state index contributed by atoms with van der Waals surface area (Å²) in [6.07, 6.45) is 0. The molecule has 2 aromatic heterocycles. The molecule has 92 valence electrons. The first-order valence-corrected chi connectivity index (χ1v) is 5.75. The van der Waals surface area contributed by atoms with Crippen molar-refractivity contribution in [3.8, 4) is 0 Å². The van der Waals surface area contributed by atoms with Crippen molar-refractivity contribution < 1.29 is 0 Å². The van der Waals surface area contributed by atoms with E-state index in [1.165, 1.54) is 5.56 Å². The Morgan fingerprint density at radius 2 is 1.88 bits per heavy atom. The van der Waals surface area contributed by atoms with E-state index in [-0.39, 0.29) is 0 Å². The molecule has 0 aromatic carbocycles. The number of nitrogens with zero attached hydrogens (tertiary/aromatic N) is 3. The van der Waals surface area contributed by atoms with Gasteiger partial charge in [0.2, 0.25) is 0 Å². The van der Waals surface area contributed by atoms with E-state index in [4.69, 9.17) is 0 Å². The zero-order valence-corrected chi connectivity index (χ0v) is 11.0. The molecule has 5 heteroatoms. The number of aryl methyl sites for hydroxylation is 4. The quantitative estimate of drug-likeness (QED) is 0.852. The van der Waals surface area contributed by atoms with Crippen molar-refractivity contribution in [1.29, 1.82) is 0 Å². The summed E-state index contributed by atoms with van der Waals surface area (Å²) in [6, 6.07) is 0. The Hall–Kier alpha value is -1.78. The summed E-state index contributed by atoms with van der Waals surface area (Å²) in [4.78, 5) is 0. The largest absolute Gasteiger partial charge is 0.378 e. The van der Waals surface area contributed by atoms with Gasteiger partial charge in [0.1, 0.15) is 0 Å². The highest BCUT2D eigenvalue weighted by Crippen LogP contribution is 2.20. The number of rotatable bonds is 3. The first kappa shape index (κ1) is 11.7. The number of H-pyrrole nitrogens is 1. The summed E-state index contributed by atoms with van der Waals surface area (Å²) in [5.74, 6) is 0. The molecule has 17 heavy (non-hydrogen) atoms.